The summed E-state index contributed by atoms with van der Waals surface area (Å²) in [6.07, 6.45) is 4.00. The maximum absolute atomic E-state index is 12.2. The van der Waals surface area contributed by atoms with Crippen LogP contribution < -0.4 is 5.43 Å². The summed E-state index contributed by atoms with van der Waals surface area (Å²) < 4.78 is 2.74. The standard InChI is InChI=1S/C19H15BrN4O/c20-17-8-3-1-7-16(17)19(25)23-22-12-14-13-24(11-5-10-21)18-9-4-2-6-15(14)18/h1-4,6-9,12-13H,5,11H2,(H,23,25)/b22-12-. The molecular weight excluding hydrogens is 380 g/mol. The number of carbonyl (C=O) groups excluding carboxylic acids is 1. The Bertz CT molecular complexity index is 984. The summed E-state index contributed by atoms with van der Waals surface area (Å²) in [6.45, 7) is 0.619. The van der Waals surface area contributed by atoms with Crippen molar-refractivity contribution < 1.29 is 4.79 Å². The second kappa shape index (κ2) is 7.77. The van der Waals surface area contributed by atoms with Crippen molar-refractivity contribution in [2.45, 2.75) is 13.0 Å². The molecule has 6 heteroatoms. The molecule has 5 nitrogen and oxygen atoms in total. The van der Waals surface area contributed by atoms with Crippen LogP contribution >= 0.6 is 15.9 Å². The third-order valence-corrected chi connectivity index (χ3v) is 4.46. The summed E-state index contributed by atoms with van der Waals surface area (Å²) in [5, 5.41) is 13.9. The van der Waals surface area contributed by atoms with Gasteiger partial charge < -0.3 is 4.57 Å². The van der Waals surface area contributed by atoms with Gasteiger partial charge in [-0.05, 0) is 34.1 Å². The number of nitrogens with zero attached hydrogens (tertiary/aromatic N) is 3. The van der Waals surface area contributed by atoms with E-state index in [2.05, 4.69) is 32.5 Å². The molecule has 0 aliphatic rings. The smallest absolute Gasteiger partial charge is 0.272 e. The Morgan fingerprint density at radius 2 is 2.00 bits per heavy atom. The molecule has 0 unspecified atom stereocenters. The summed E-state index contributed by atoms with van der Waals surface area (Å²) in [5.41, 5.74) is 5.00. The lowest BCUT2D eigenvalue weighted by molar-refractivity contribution is 0.0954. The molecule has 0 saturated carbocycles. The van der Waals surface area contributed by atoms with Crippen LogP contribution in [0.15, 0.2) is 64.3 Å². The van der Waals surface area contributed by atoms with Crippen molar-refractivity contribution in [3.8, 4) is 6.07 Å². The Morgan fingerprint density at radius 1 is 1.24 bits per heavy atom. The quantitative estimate of drug-likeness (QED) is 0.522. The van der Waals surface area contributed by atoms with Crippen LogP contribution in [0.1, 0.15) is 22.3 Å². The van der Waals surface area contributed by atoms with Gasteiger partial charge in [0.1, 0.15) is 0 Å². The van der Waals surface area contributed by atoms with E-state index >= 15 is 0 Å². The van der Waals surface area contributed by atoms with Crippen LogP contribution in [0.2, 0.25) is 0 Å². The molecule has 0 aliphatic heterocycles. The molecule has 1 amide bonds. The van der Waals surface area contributed by atoms with Gasteiger partial charge in [0.05, 0.1) is 24.3 Å². The minimum Gasteiger partial charge on any atom is -0.346 e. The molecule has 2 aromatic carbocycles. The van der Waals surface area contributed by atoms with E-state index in [-0.39, 0.29) is 5.91 Å². The number of para-hydroxylation sites is 1. The van der Waals surface area contributed by atoms with E-state index < -0.39 is 0 Å². The average molecular weight is 395 g/mol. The van der Waals surface area contributed by atoms with Crippen LogP contribution in [-0.2, 0) is 6.54 Å². The van der Waals surface area contributed by atoms with Crippen molar-refractivity contribution in [3.63, 3.8) is 0 Å². The number of amides is 1. The summed E-state index contributed by atoms with van der Waals surface area (Å²) in [6, 6.07) is 17.2. The van der Waals surface area contributed by atoms with Gasteiger partial charge in [-0.15, -0.1) is 0 Å². The van der Waals surface area contributed by atoms with Crippen LogP contribution in [-0.4, -0.2) is 16.7 Å². The van der Waals surface area contributed by atoms with Crippen molar-refractivity contribution in [2.24, 2.45) is 5.10 Å². The molecular formula is C19H15BrN4O. The van der Waals surface area contributed by atoms with Gasteiger partial charge >= 0.3 is 0 Å². The summed E-state index contributed by atoms with van der Waals surface area (Å²) in [5.74, 6) is -0.281. The van der Waals surface area contributed by atoms with Gasteiger partial charge in [-0.1, -0.05) is 30.3 Å². The molecule has 0 fully saturated rings. The van der Waals surface area contributed by atoms with Crippen LogP contribution in [0.4, 0.5) is 0 Å². The van der Waals surface area contributed by atoms with Crippen LogP contribution in [0, 0.1) is 11.3 Å². The van der Waals surface area contributed by atoms with Gasteiger partial charge in [-0.2, -0.15) is 10.4 Å². The van der Waals surface area contributed by atoms with Gasteiger partial charge in [0, 0.05) is 33.7 Å². The lowest BCUT2D eigenvalue weighted by atomic mass is 10.2. The van der Waals surface area contributed by atoms with Crippen molar-refractivity contribution in [3.05, 3.63) is 70.3 Å². The topological polar surface area (TPSA) is 70.2 Å². The predicted molar refractivity (Wildman–Crippen MR) is 101 cm³/mol. The van der Waals surface area contributed by atoms with Crippen LogP contribution in [0.3, 0.4) is 0 Å². The first-order valence-electron chi connectivity index (χ1n) is 7.73. The summed E-state index contributed by atoms with van der Waals surface area (Å²) >= 11 is 3.35. The average Bonchev–Trinajstić information content (AvgIpc) is 2.98. The molecule has 3 aromatic rings. The molecule has 0 aliphatic carbocycles. The first kappa shape index (κ1) is 16.9. The highest BCUT2D eigenvalue weighted by molar-refractivity contribution is 9.10. The molecule has 0 atom stereocenters. The molecule has 1 heterocycles. The highest BCUT2D eigenvalue weighted by Crippen LogP contribution is 2.20. The maximum Gasteiger partial charge on any atom is 0.272 e. The number of nitrogens with one attached hydrogen (secondary N) is 1. The van der Waals surface area contributed by atoms with Gasteiger partial charge in [0.25, 0.3) is 5.91 Å². The van der Waals surface area contributed by atoms with Crippen LogP contribution in [0.25, 0.3) is 10.9 Å². The molecule has 3 rings (SSSR count). The number of aryl methyl sites for hydroxylation is 1. The Labute approximate surface area is 153 Å². The predicted octanol–water partition coefficient (Wildman–Crippen LogP) is 4.08. The number of fused-ring (bicyclic) bond motifs is 1. The molecule has 25 heavy (non-hydrogen) atoms. The van der Waals surface area contributed by atoms with E-state index in [0.717, 1.165) is 20.9 Å². The molecule has 1 N–H and O–H groups in total. The highest BCUT2D eigenvalue weighted by atomic mass is 79.9. The van der Waals surface area contributed by atoms with E-state index in [1.807, 2.05) is 41.1 Å². The lowest BCUT2D eigenvalue weighted by Gasteiger charge is -2.01. The number of hydrogen-bond donors (Lipinski definition) is 1. The van der Waals surface area contributed by atoms with Gasteiger partial charge in [0.15, 0.2) is 0 Å². The fraction of sp³-hybridized carbons (Fsp3) is 0.105. The minimum absolute atomic E-state index is 0.281. The number of hydrogen-bond acceptors (Lipinski definition) is 3. The zero-order valence-electron chi connectivity index (χ0n) is 13.3. The van der Waals surface area contributed by atoms with E-state index in [1.54, 1.807) is 24.4 Å². The van der Waals surface area contributed by atoms with E-state index in [9.17, 15) is 4.79 Å². The number of carbonyl (C=O) groups is 1. The lowest BCUT2D eigenvalue weighted by Crippen LogP contribution is -2.18. The number of nitriles is 1. The maximum atomic E-state index is 12.2. The first-order valence-corrected chi connectivity index (χ1v) is 8.53. The van der Waals surface area contributed by atoms with E-state index in [4.69, 9.17) is 5.26 Å². The van der Waals surface area contributed by atoms with Gasteiger partial charge in [-0.3, -0.25) is 4.79 Å². The summed E-state index contributed by atoms with van der Waals surface area (Å²) in [4.78, 5) is 12.2. The monoisotopic (exact) mass is 394 g/mol. The van der Waals surface area contributed by atoms with Crippen LogP contribution in [0.5, 0.6) is 0 Å². The second-order valence-corrected chi connectivity index (χ2v) is 6.24. The van der Waals surface area contributed by atoms with E-state index in [1.165, 1.54) is 0 Å². The Hall–Kier alpha value is -2.91. The number of aromatic nitrogens is 1. The Balaban J connectivity index is 1.81. The first-order chi connectivity index (χ1) is 12.2. The van der Waals surface area contributed by atoms with Crippen molar-refractivity contribution >= 4 is 39.0 Å². The van der Waals surface area contributed by atoms with E-state index in [0.29, 0.717) is 18.5 Å². The molecule has 124 valence electrons. The number of rotatable bonds is 5. The van der Waals surface area contributed by atoms with Gasteiger partial charge in [-0.25, -0.2) is 5.43 Å². The van der Waals surface area contributed by atoms with Crippen molar-refractivity contribution in [2.75, 3.05) is 0 Å². The molecule has 0 saturated heterocycles. The number of hydrazone groups is 1. The van der Waals surface area contributed by atoms with Gasteiger partial charge in [0.2, 0.25) is 0 Å². The molecule has 0 bridgehead atoms. The normalized spacial score (nSPS) is 10.9. The van der Waals surface area contributed by atoms with Crippen molar-refractivity contribution in [1.82, 2.24) is 9.99 Å². The zero-order valence-corrected chi connectivity index (χ0v) is 14.9. The molecule has 0 radical (unpaired) electrons. The minimum atomic E-state index is -0.281. The summed E-state index contributed by atoms with van der Waals surface area (Å²) in [7, 11) is 0. The number of halogens is 1. The molecule has 0 spiro atoms. The SMILES string of the molecule is N#CCCn1cc(/C=N\NC(=O)c2ccccc2Br)c2ccccc21. The third-order valence-electron chi connectivity index (χ3n) is 3.77. The second-order valence-electron chi connectivity index (χ2n) is 5.38. The third kappa shape index (κ3) is 3.78. The highest BCUT2D eigenvalue weighted by Gasteiger charge is 2.09. The molecule has 1 aromatic heterocycles. The fourth-order valence-corrected chi connectivity index (χ4v) is 3.06. The largest absolute Gasteiger partial charge is 0.346 e. The number of benzene rings is 2. The van der Waals surface area contributed by atoms with Crippen molar-refractivity contribution in [1.29, 1.82) is 5.26 Å². The zero-order chi connectivity index (χ0) is 17.6. The fourth-order valence-electron chi connectivity index (χ4n) is 2.60. The Morgan fingerprint density at radius 3 is 2.80 bits per heavy atom. The Kier molecular flexibility index (Phi) is 5.26.